The molecule has 0 bridgehead atoms. The Hall–Kier alpha value is -2.74. The summed E-state index contributed by atoms with van der Waals surface area (Å²) >= 11 is 1.29. The van der Waals surface area contributed by atoms with Gasteiger partial charge in [0, 0.05) is 19.7 Å². The van der Waals surface area contributed by atoms with Crippen molar-refractivity contribution in [3.63, 3.8) is 0 Å². The number of nitrogens with one attached hydrogen (secondary N) is 1. The number of likely N-dealkylation sites (tertiary alicyclic amines) is 1. The van der Waals surface area contributed by atoms with Crippen molar-refractivity contribution in [3.8, 4) is 0 Å². The SMILES string of the molecule is CC(=O)Nc1ccc(C(=O)N2CCCC2c2nnc3ccccn23)s1. The molecule has 4 heterocycles. The van der Waals surface area contributed by atoms with E-state index in [2.05, 4.69) is 15.5 Å². The van der Waals surface area contributed by atoms with Gasteiger partial charge in [0.1, 0.15) is 0 Å². The van der Waals surface area contributed by atoms with Gasteiger partial charge in [-0.3, -0.25) is 14.0 Å². The molecule has 0 aliphatic carbocycles. The molecule has 8 heteroatoms. The highest BCUT2D eigenvalue weighted by Gasteiger charge is 2.34. The van der Waals surface area contributed by atoms with Gasteiger partial charge in [0.05, 0.1) is 15.9 Å². The maximum absolute atomic E-state index is 13.0. The summed E-state index contributed by atoms with van der Waals surface area (Å²) < 4.78 is 1.94. The van der Waals surface area contributed by atoms with Gasteiger partial charge in [-0.1, -0.05) is 6.07 Å². The number of hydrogen-bond donors (Lipinski definition) is 1. The number of rotatable bonds is 3. The van der Waals surface area contributed by atoms with Crippen LogP contribution in [0.4, 0.5) is 5.00 Å². The number of thiophene rings is 1. The van der Waals surface area contributed by atoms with E-state index in [0.29, 0.717) is 16.4 Å². The van der Waals surface area contributed by atoms with Crippen LogP contribution in [0.5, 0.6) is 0 Å². The van der Waals surface area contributed by atoms with Gasteiger partial charge in [-0.15, -0.1) is 21.5 Å². The molecule has 1 unspecified atom stereocenters. The van der Waals surface area contributed by atoms with E-state index in [-0.39, 0.29) is 17.9 Å². The molecular weight excluding hydrogens is 338 g/mol. The van der Waals surface area contributed by atoms with E-state index in [0.717, 1.165) is 24.3 Å². The Morgan fingerprint density at radius 1 is 1.24 bits per heavy atom. The summed E-state index contributed by atoms with van der Waals surface area (Å²) in [6.07, 6.45) is 3.72. The van der Waals surface area contributed by atoms with E-state index in [1.165, 1.54) is 18.3 Å². The van der Waals surface area contributed by atoms with Crippen LogP contribution in [0.3, 0.4) is 0 Å². The van der Waals surface area contributed by atoms with Gasteiger partial charge in [0.25, 0.3) is 5.91 Å². The first-order chi connectivity index (χ1) is 12.1. The summed E-state index contributed by atoms with van der Waals surface area (Å²) in [5.41, 5.74) is 0.779. The van der Waals surface area contributed by atoms with Crippen LogP contribution in [0.25, 0.3) is 5.65 Å². The van der Waals surface area contributed by atoms with Gasteiger partial charge in [0.15, 0.2) is 11.5 Å². The second kappa shape index (κ2) is 6.29. The maximum Gasteiger partial charge on any atom is 0.264 e. The molecule has 2 amide bonds. The van der Waals surface area contributed by atoms with Crippen LogP contribution in [-0.4, -0.2) is 37.9 Å². The highest BCUT2D eigenvalue weighted by Crippen LogP contribution is 2.34. The maximum atomic E-state index is 13.0. The number of amides is 2. The van der Waals surface area contributed by atoms with Gasteiger partial charge in [-0.25, -0.2) is 0 Å². The van der Waals surface area contributed by atoms with Crippen molar-refractivity contribution in [2.75, 3.05) is 11.9 Å². The summed E-state index contributed by atoms with van der Waals surface area (Å²) in [5, 5.41) is 11.9. The van der Waals surface area contributed by atoms with E-state index in [1.54, 1.807) is 12.1 Å². The summed E-state index contributed by atoms with van der Waals surface area (Å²) in [5.74, 6) is 0.617. The molecule has 0 spiro atoms. The first kappa shape index (κ1) is 15.8. The third-order valence-electron chi connectivity index (χ3n) is 4.27. The molecule has 4 rings (SSSR count). The van der Waals surface area contributed by atoms with Gasteiger partial charge in [0.2, 0.25) is 5.91 Å². The molecule has 1 aliphatic rings. The molecule has 3 aromatic heterocycles. The van der Waals surface area contributed by atoms with Crippen molar-refractivity contribution >= 4 is 33.8 Å². The summed E-state index contributed by atoms with van der Waals surface area (Å²) in [7, 11) is 0. The largest absolute Gasteiger partial charge is 0.328 e. The average molecular weight is 355 g/mol. The Kier molecular flexibility index (Phi) is 3.96. The van der Waals surface area contributed by atoms with Crippen molar-refractivity contribution in [2.45, 2.75) is 25.8 Å². The zero-order chi connectivity index (χ0) is 17.4. The van der Waals surface area contributed by atoms with Crippen LogP contribution in [0, 0.1) is 0 Å². The quantitative estimate of drug-likeness (QED) is 0.783. The van der Waals surface area contributed by atoms with E-state index < -0.39 is 0 Å². The molecule has 7 nitrogen and oxygen atoms in total. The lowest BCUT2D eigenvalue weighted by Gasteiger charge is -2.22. The fourth-order valence-corrected chi connectivity index (χ4v) is 4.11. The smallest absolute Gasteiger partial charge is 0.264 e. The van der Waals surface area contributed by atoms with Crippen molar-refractivity contribution in [2.24, 2.45) is 0 Å². The van der Waals surface area contributed by atoms with Crippen LogP contribution in [0.15, 0.2) is 36.5 Å². The van der Waals surface area contributed by atoms with Crippen LogP contribution in [0.1, 0.15) is 41.3 Å². The molecule has 1 aliphatic heterocycles. The molecule has 25 heavy (non-hydrogen) atoms. The highest BCUT2D eigenvalue weighted by atomic mass is 32.1. The van der Waals surface area contributed by atoms with Crippen molar-refractivity contribution in [1.29, 1.82) is 0 Å². The molecule has 1 N–H and O–H groups in total. The summed E-state index contributed by atoms with van der Waals surface area (Å²) in [4.78, 5) is 26.6. The number of nitrogens with zero attached hydrogens (tertiary/aromatic N) is 4. The number of aromatic nitrogens is 3. The molecule has 0 saturated carbocycles. The van der Waals surface area contributed by atoms with E-state index in [1.807, 2.05) is 33.7 Å². The Balaban J connectivity index is 1.62. The number of hydrogen-bond acceptors (Lipinski definition) is 5. The number of carbonyl (C=O) groups excluding carboxylic acids is 2. The number of carbonyl (C=O) groups is 2. The minimum absolute atomic E-state index is 0.0308. The molecule has 1 saturated heterocycles. The fraction of sp³-hybridized carbons (Fsp3) is 0.294. The summed E-state index contributed by atoms with van der Waals surface area (Å²) in [6.45, 7) is 2.15. The van der Waals surface area contributed by atoms with E-state index in [4.69, 9.17) is 0 Å². The van der Waals surface area contributed by atoms with Crippen molar-refractivity contribution < 1.29 is 9.59 Å². The highest BCUT2D eigenvalue weighted by molar-refractivity contribution is 7.18. The topological polar surface area (TPSA) is 79.6 Å². The van der Waals surface area contributed by atoms with E-state index in [9.17, 15) is 9.59 Å². The number of fused-ring (bicyclic) bond motifs is 1. The Labute approximate surface area is 148 Å². The van der Waals surface area contributed by atoms with Crippen molar-refractivity contribution in [1.82, 2.24) is 19.5 Å². The monoisotopic (exact) mass is 355 g/mol. The number of pyridine rings is 1. The first-order valence-electron chi connectivity index (χ1n) is 8.11. The second-order valence-corrected chi connectivity index (χ2v) is 7.07. The minimum Gasteiger partial charge on any atom is -0.328 e. The Morgan fingerprint density at radius 2 is 2.12 bits per heavy atom. The van der Waals surface area contributed by atoms with Crippen LogP contribution < -0.4 is 5.32 Å². The predicted molar refractivity (Wildman–Crippen MR) is 94.6 cm³/mol. The standard InChI is InChI=1S/C17H17N5O2S/c1-11(23)18-15-8-7-13(25-15)17(24)21-10-4-5-12(21)16-20-19-14-6-2-3-9-22(14)16/h2-3,6-9,12H,4-5,10H2,1H3,(H,18,23). The third kappa shape index (κ3) is 2.89. The van der Waals surface area contributed by atoms with Crippen LogP contribution in [-0.2, 0) is 4.79 Å². The summed E-state index contributed by atoms with van der Waals surface area (Å²) in [6, 6.07) is 9.18. The zero-order valence-electron chi connectivity index (χ0n) is 13.7. The lowest BCUT2D eigenvalue weighted by atomic mass is 10.2. The lowest BCUT2D eigenvalue weighted by molar-refractivity contribution is -0.114. The molecule has 1 atom stereocenters. The predicted octanol–water partition coefficient (Wildman–Crippen LogP) is 2.73. The average Bonchev–Trinajstić information content (AvgIpc) is 3.32. The fourth-order valence-electron chi connectivity index (χ4n) is 3.20. The van der Waals surface area contributed by atoms with E-state index >= 15 is 0 Å². The van der Waals surface area contributed by atoms with Crippen LogP contribution >= 0.6 is 11.3 Å². The molecule has 0 radical (unpaired) electrons. The van der Waals surface area contributed by atoms with Crippen molar-refractivity contribution in [3.05, 3.63) is 47.2 Å². The normalized spacial score (nSPS) is 17.2. The minimum atomic E-state index is -0.144. The van der Waals surface area contributed by atoms with Gasteiger partial charge in [-0.05, 0) is 37.1 Å². The van der Waals surface area contributed by atoms with Gasteiger partial charge >= 0.3 is 0 Å². The molecule has 0 aromatic carbocycles. The first-order valence-corrected chi connectivity index (χ1v) is 8.93. The Bertz CT molecular complexity index is 947. The van der Waals surface area contributed by atoms with Crippen LogP contribution in [0.2, 0.25) is 0 Å². The molecular formula is C17H17N5O2S. The molecule has 1 fully saturated rings. The third-order valence-corrected chi connectivity index (χ3v) is 5.26. The number of anilines is 1. The molecule has 128 valence electrons. The molecule has 3 aromatic rings. The second-order valence-electron chi connectivity index (χ2n) is 5.99. The zero-order valence-corrected chi connectivity index (χ0v) is 14.5. The lowest BCUT2D eigenvalue weighted by Crippen LogP contribution is -2.31. The van der Waals surface area contributed by atoms with Gasteiger partial charge in [-0.2, -0.15) is 0 Å². The van der Waals surface area contributed by atoms with Gasteiger partial charge < -0.3 is 10.2 Å². The Morgan fingerprint density at radius 3 is 2.96 bits per heavy atom.